The number of benzene rings is 2. The third kappa shape index (κ3) is 5.99. The highest BCUT2D eigenvalue weighted by atomic mass is 35.5. The zero-order valence-electron chi connectivity index (χ0n) is 15.6. The molecule has 148 valence electrons. The van der Waals surface area contributed by atoms with Crippen LogP contribution >= 0.6 is 11.6 Å². The maximum Gasteiger partial charge on any atom is 0.341 e. The predicted octanol–water partition coefficient (Wildman–Crippen LogP) is 3.20. The molecule has 0 aromatic heterocycles. The van der Waals surface area contributed by atoms with Crippen molar-refractivity contribution in [3.8, 4) is 17.6 Å². The molecule has 8 heteroatoms. The van der Waals surface area contributed by atoms with E-state index >= 15 is 0 Å². The number of aliphatic carboxylic acids is 1. The summed E-state index contributed by atoms with van der Waals surface area (Å²) in [5.74, 6) is 4.98. The topological polar surface area (TPSA) is 92.7 Å². The summed E-state index contributed by atoms with van der Waals surface area (Å²) in [7, 11) is -3.64. The van der Waals surface area contributed by atoms with Crippen LogP contribution in [0.1, 0.15) is 30.5 Å². The van der Waals surface area contributed by atoms with Crippen LogP contribution in [0.4, 0.5) is 0 Å². The summed E-state index contributed by atoms with van der Waals surface area (Å²) in [4.78, 5) is 10.8. The first kappa shape index (κ1) is 21.8. The second-order valence-corrected chi connectivity index (χ2v) is 8.48. The van der Waals surface area contributed by atoms with Crippen molar-refractivity contribution in [3.63, 3.8) is 0 Å². The third-order valence-corrected chi connectivity index (χ3v) is 5.43. The minimum Gasteiger partial charge on any atom is -0.481 e. The molecule has 28 heavy (non-hydrogen) atoms. The van der Waals surface area contributed by atoms with Crippen molar-refractivity contribution >= 4 is 27.6 Å². The second kappa shape index (κ2) is 9.11. The van der Waals surface area contributed by atoms with Gasteiger partial charge in [0.05, 0.1) is 10.5 Å². The Morgan fingerprint density at radius 2 is 1.86 bits per heavy atom. The molecule has 0 unspecified atom stereocenters. The molecular formula is C20H20ClNO5S. The molecule has 0 aliphatic heterocycles. The van der Waals surface area contributed by atoms with Gasteiger partial charge in [0.1, 0.15) is 5.75 Å². The van der Waals surface area contributed by atoms with Crippen molar-refractivity contribution in [2.75, 3.05) is 6.61 Å². The molecule has 0 amide bonds. The minimum atomic E-state index is -3.64. The van der Waals surface area contributed by atoms with E-state index in [1.807, 2.05) is 6.92 Å². The Bertz CT molecular complexity index is 1050. The summed E-state index contributed by atoms with van der Waals surface area (Å²) in [5, 5.41) is 9.20. The number of hydrogen-bond donors (Lipinski definition) is 2. The Hall–Kier alpha value is -2.53. The zero-order valence-corrected chi connectivity index (χ0v) is 17.2. The largest absolute Gasteiger partial charge is 0.481 e. The number of nitrogens with one attached hydrogen (secondary N) is 1. The molecular weight excluding hydrogens is 402 g/mol. The Balaban J connectivity index is 2.43. The minimum absolute atomic E-state index is 0.115. The van der Waals surface area contributed by atoms with Crippen molar-refractivity contribution < 1.29 is 23.1 Å². The fourth-order valence-corrected chi connectivity index (χ4v) is 3.73. The highest BCUT2D eigenvalue weighted by Crippen LogP contribution is 2.23. The van der Waals surface area contributed by atoms with Gasteiger partial charge in [-0.3, -0.25) is 0 Å². The highest BCUT2D eigenvalue weighted by Gasteiger charge is 2.16. The lowest BCUT2D eigenvalue weighted by Gasteiger charge is -2.10. The summed E-state index contributed by atoms with van der Waals surface area (Å²) in [6, 6.07) is 9.12. The van der Waals surface area contributed by atoms with Crippen LogP contribution in [0.5, 0.6) is 5.75 Å². The molecule has 2 N–H and O–H groups in total. The average molecular weight is 422 g/mol. The maximum atomic E-state index is 12.4. The van der Waals surface area contributed by atoms with Crippen LogP contribution in [0.25, 0.3) is 0 Å². The summed E-state index contributed by atoms with van der Waals surface area (Å²) in [6.07, 6.45) is 0. The third-order valence-electron chi connectivity index (χ3n) is 3.53. The molecule has 0 bridgehead atoms. The van der Waals surface area contributed by atoms with Crippen LogP contribution in [0, 0.1) is 18.8 Å². The van der Waals surface area contributed by atoms with Gasteiger partial charge >= 0.3 is 5.97 Å². The van der Waals surface area contributed by atoms with Crippen LogP contribution in [0.2, 0.25) is 5.02 Å². The zero-order chi connectivity index (χ0) is 20.9. The number of hydrogen-bond acceptors (Lipinski definition) is 4. The van der Waals surface area contributed by atoms with E-state index in [2.05, 4.69) is 16.6 Å². The van der Waals surface area contributed by atoms with Gasteiger partial charge in [-0.05, 0) is 56.7 Å². The van der Waals surface area contributed by atoms with Crippen molar-refractivity contribution in [2.45, 2.75) is 31.7 Å². The molecule has 0 aliphatic carbocycles. The molecule has 0 saturated heterocycles. The first-order valence-corrected chi connectivity index (χ1v) is 10.2. The number of ether oxygens (including phenoxy) is 1. The first-order chi connectivity index (χ1) is 13.1. The fraction of sp³-hybridized carbons (Fsp3) is 0.250. The Morgan fingerprint density at radius 3 is 2.50 bits per heavy atom. The monoisotopic (exact) mass is 421 g/mol. The molecule has 2 aromatic carbocycles. The first-order valence-electron chi connectivity index (χ1n) is 8.37. The van der Waals surface area contributed by atoms with Gasteiger partial charge in [-0.25, -0.2) is 17.9 Å². The highest BCUT2D eigenvalue weighted by molar-refractivity contribution is 7.89. The van der Waals surface area contributed by atoms with Crippen LogP contribution in [-0.2, 0) is 14.8 Å². The molecule has 6 nitrogen and oxygen atoms in total. The molecule has 0 radical (unpaired) electrons. The Kier molecular flexibility index (Phi) is 7.08. The van der Waals surface area contributed by atoms with Crippen LogP contribution in [0.3, 0.4) is 0 Å². The van der Waals surface area contributed by atoms with Gasteiger partial charge in [0.2, 0.25) is 10.0 Å². The lowest BCUT2D eigenvalue weighted by Crippen LogP contribution is -2.30. The van der Waals surface area contributed by atoms with Crippen molar-refractivity contribution in [2.24, 2.45) is 0 Å². The van der Waals surface area contributed by atoms with E-state index in [0.29, 0.717) is 16.1 Å². The number of carboxylic acid groups (broad SMARTS) is 1. The molecule has 0 atom stereocenters. The number of halogens is 1. The van der Waals surface area contributed by atoms with E-state index in [0.717, 1.165) is 5.56 Å². The quantitative estimate of drug-likeness (QED) is 0.699. The summed E-state index contributed by atoms with van der Waals surface area (Å²) >= 11 is 6.00. The fourth-order valence-electron chi connectivity index (χ4n) is 2.28. The Morgan fingerprint density at radius 1 is 1.18 bits per heavy atom. The van der Waals surface area contributed by atoms with Gasteiger partial charge in [-0.1, -0.05) is 29.5 Å². The van der Waals surface area contributed by atoms with Crippen LogP contribution in [0.15, 0.2) is 41.3 Å². The number of sulfonamides is 1. The van der Waals surface area contributed by atoms with Gasteiger partial charge in [-0.15, -0.1) is 0 Å². The second-order valence-electron chi connectivity index (χ2n) is 6.33. The van der Waals surface area contributed by atoms with E-state index in [1.54, 1.807) is 32.0 Å². The van der Waals surface area contributed by atoms with Crippen LogP contribution < -0.4 is 9.46 Å². The van der Waals surface area contributed by atoms with E-state index in [1.165, 1.54) is 18.2 Å². The van der Waals surface area contributed by atoms with E-state index in [4.69, 9.17) is 21.4 Å². The summed E-state index contributed by atoms with van der Waals surface area (Å²) < 4.78 is 32.5. The predicted molar refractivity (Wildman–Crippen MR) is 107 cm³/mol. The SMILES string of the molecule is Cc1ccc(S(=O)(=O)NC(C)C)cc1C#Cc1cc(Cl)ccc1OCC(=O)O. The number of aryl methyl sites for hydroxylation is 1. The molecule has 0 saturated carbocycles. The molecule has 2 aromatic rings. The molecule has 0 heterocycles. The van der Waals surface area contributed by atoms with E-state index in [-0.39, 0.29) is 16.7 Å². The molecule has 0 aliphatic rings. The van der Waals surface area contributed by atoms with Crippen LogP contribution in [-0.4, -0.2) is 32.1 Å². The molecule has 0 spiro atoms. The maximum absolute atomic E-state index is 12.4. The summed E-state index contributed by atoms with van der Waals surface area (Å²) in [5.41, 5.74) is 1.73. The van der Waals surface area contributed by atoms with Crippen molar-refractivity contribution in [1.82, 2.24) is 4.72 Å². The molecule has 2 rings (SSSR count). The average Bonchev–Trinajstić information content (AvgIpc) is 2.58. The normalized spacial score (nSPS) is 11.0. The van der Waals surface area contributed by atoms with Gasteiger partial charge in [0.15, 0.2) is 6.61 Å². The van der Waals surface area contributed by atoms with Gasteiger partial charge < -0.3 is 9.84 Å². The standard InChI is InChI=1S/C20H20ClNO5S/c1-13(2)22-28(25,26)18-8-4-14(3)15(11-18)5-6-16-10-17(21)7-9-19(16)27-12-20(23)24/h4,7-11,13,22H,12H2,1-3H3,(H,23,24). The van der Waals surface area contributed by atoms with Gasteiger partial charge in [0.25, 0.3) is 0 Å². The Labute approximate surface area is 169 Å². The van der Waals surface area contributed by atoms with E-state index in [9.17, 15) is 13.2 Å². The smallest absolute Gasteiger partial charge is 0.341 e. The number of carboxylic acids is 1. The van der Waals surface area contributed by atoms with Crippen molar-refractivity contribution in [1.29, 1.82) is 0 Å². The number of carbonyl (C=O) groups is 1. The van der Waals surface area contributed by atoms with Gasteiger partial charge in [0, 0.05) is 16.6 Å². The van der Waals surface area contributed by atoms with Crippen molar-refractivity contribution in [3.05, 3.63) is 58.1 Å². The molecule has 0 fully saturated rings. The van der Waals surface area contributed by atoms with Gasteiger partial charge in [-0.2, -0.15) is 0 Å². The lowest BCUT2D eigenvalue weighted by molar-refractivity contribution is -0.139. The number of rotatable bonds is 6. The van der Waals surface area contributed by atoms with E-state index < -0.39 is 22.6 Å². The lowest BCUT2D eigenvalue weighted by atomic mass is 10.1. The summed E-state index contributed by atoms with van der Waals surface area (Å²) in [6.45, 7) is 4.79.